The third-order valence-electron chi connectivity index (χ3n) is 5.30. The van der Waals surface area contributed by atoms with Gasteiger partial charge in [0.2, 0.25) is 10.0 Å². The van der Waals surface area contributed by atoms with Crippen LogP contribution in [-0.4, -0.2) is 51.9 Å². The summed E-state index contributed by atoms with van der Waals surface area (Å²) < 4.78 is 35.9. The Balaban J connectivity index is 1.39. The van der Waals surface area contributed by atoms with Gasteiger partial charge in [-0.1, -0.05) is 18.2 Å². The number of carbonyl (C=O) groups excluding carboxylic acids is 1. The van der Waals surface area contributed by atoms with Gasteiger partial charge < -0.3 is 9.47 Å². The van der Waals surface area contributed by atoms with E-state index in [9.17, 15) is 13.2 Å². The molecule has 1 amide bonds. The Hall–Kier alpha value is -2.95. The summed E-state index contributed by atoms with van der Waals surface area (Å²) in [4.78, 5) is 17.2. The van der Waals surface area contributed by atoms with E-state index in [0.29, 0.717) is 34.4 Å². The topological polar surface area (TPSA) is 97.8 Å². The van der Waals surface area contributed by atoms with Crippen molar-refractivity contribution in [3.8, 4) is 17.0 Å². The molecule has 0 aliphatic carbocycles. The number of nitrogens with one attached hydrogen (secondary N) is 1. The van der Waals surface area contributed by atoms with Crippen molar-refractivity contribution < 1.29 is 22.7 Å². The Morgan fingerprint density at radius 1 is 1.27 bits per heavy atom. The summed E-state index contributed by atoms with van der Waals surface area (Å²) in [6.07, 6.45) is 3.30. The minimum Gasteiger partial charge on any atom is -0.491 e. The molecule has 1 aliphatic heterocycles. The average molecular weight is 488 g/mol. The lowest BCUT2D eigenvalue weighted by atomic mass is 10.1. The molecule has 33 heavy (non-hydrogen) atoms. The number of hydrogen-bond donors (Lipinski definition) is 1. The van der Waals surface area contributed by atoms with E-state index >= 15 is 0 Å². The number of ether oxygens (including phenoxy) is 2. The van der Waals surface area contributed by atoms with Gasteiger partial charge in [-0.2, -0.15) is 0 Å². The summed E-state index contributed by atoms with van der Waals surface area (Å²) in [6, 6.07) is 14.1. The number of thiazole rings is 1. The number of sulfonamides is 1. The quantitative estimate of drug-likeness (QED) is 0.516. The van der Waals surface area contributed by atoms with Crippen LogP contribution in [0.2, 0.25) is 0 Å². The van der Waals surface area contributed by atoms with E-state index in [1.54, 1.807) is 42.5 Å². The molecule has 0 spiro atoms. The second-order valence-electron chi connectivity index (χ2n) is 7.74. The van der Waals surface area contributed by atoms with Crippen molar-refractivity contribution in [2.75, 3.05) is 36.1 Å². The largest absolute Gasteiger partial charge is 0.491 e. The zero-order valence-electron chi connectivity index (χ0n) is 18.4. The molecule has 4 rings (SSSR count). The van der Waals surface area contributed by atoms with Crippen LogP contribution in [0.1, 0.15) is 23.2 Å². The fourth-order valence-corrected chi connectivity index (χ4v) is 4.58. The molecular weight excluding hydrogens is 462 g/mol. The molecule has 3 aromatic rings. The maximum absolute atomic E-state index is 12.7. The van der Waals surface area contributed by atoms with E-state index < -0.39 is 10.0 Å². The number of carbonyl (C=O) groups is 1. The zero-order valence-corrected chi connectivity index (χ0v) is 20.0. The van der Waals surface area contributed by atoms with Gasteiger partial charge in [-0.3, -0.25) is 14.4 Å². The summed E-state index contributed by atoms with van der Waals surface area (Å²) in [5.41, 5.74) is 2.55. The van der Waals surface area contributed by atoms with Gasteiger partial charge in [0.1, 0.15) is 12.4 Å². The first kappa shape index (κ1) is 23.2. The van der Waals surface area contributed by atoms with Gasteiger partial charge in [-0.15, -0.1) is 11.3 Å². The summed E-state index contributed by atoms with van der Waals surface area (Å²) in [5.74, 6) is 0.348. The third-order valence-corrected chi connectivity index (χ3v) is 7.27. The van der Waals surface area contributed by atoms with Gasteiger partial charge in [0.15, 0.2) is 5.13 Å². The van der Waals surface area contributed by atoms with Crippen molar-refractivity contribution in [1.82, 2.24) is 4.98 Å². The molecular formula is C23H25N3O5S2. The zero-order chi connectivity index (χ0) is 23.4. The van der Waals surface area contributed by atoms with Crippen LogP contribution in [0, 0.1) is 0 Å². The minimum absolute atomic E-state index is 0.108. The number of nitrogens with zero attached hydrogens (tertiary/aromatic N) is 2. The van der Waals surface area contributed by atoms with E-state index in [1.165, 1.54) is 22.7 Å². The van der Waals surface area contributed by atoms with Crippen LogP contribution in [0.3, 0.4) is 0 Å². The molecule has 2 heterocycles. The lowest BCUT2D eigenvalue weighted by Crippen LogP contribution is -2.24. The molecule has 0 saturated carbocycles. The van der Waals surface area contributed by atoms with Gasteiger partial charge in [-0.25, -0.2) is 13.4 Å². The molecule has 10 heteroatoms. The van der Waals surface area contributed by atoms with Crippen LogP contribution in [0.4, 0.5) is 10.8 Å². The summed E-state index contributed by atoms with van der Waals surface area (Å²) in [6.45, 7) is 1.24. The first-order chi connectivity index (χ1) is 15.8. The maximum atomic E-state index is 12.7. The van der Waals surface area contributed by atoms with Gasteiger partial charge in [0.25, 0.3) is 5.91 Å². The van der Waals surface area contributed by atoms with Crippen molar-refractivity contribution in [3.05, 3.63) is 59.5 Å². The normalized spacial score (nSPS) is 15.9. The molecule has 1 N–H and O–H groups in total. The molecule has 1 atom stereocenters. The van der Waals surface area contributed by atoms with Gasteiger partial charge >= 0.3 is 0 Å². The highest BCUT2D eigenvalue weighted by molar-refractivity contribution is 7.92. The second kappa shape index (κ2) is 9.90. The number of anilines is 2. The minimum atomic E-state index is -3.32. The third kappa shape index (κ3) is 5.89. The van der Waals surface area contributed by atoms with Crippen molar-refractivity contribution in [2.24, 2.45) is 0 Å². The predicted octanol–water partition coefficient (Wildman–Crippen LogP) is 4.02. The standard InChI is InChI=1S/C23H25N3O5S2/c1-26(33(2,28)29)18-10-8-16(9-11-18)21-15-32-23(24-21)25-22(27)17-5-3-6-19(13-17)31-14-20-7-4-12-30-20/h3,5-6,8-11,13,15,20H,4,7,12,14H2,1-2H3,(H,24,25,27). The van der Waals surface area contributed by atoms with Crippen LogP contribution in [-0.2, 0) is 14.8 Å². The maximum Gasteiger partial charge on any atom is 0.257 e. The summed E-state index contributed by atoms with van der Waals surface area (Å²) >= 11 is 1.32. The van der Waals surface area contributed by atoms with E-state index in [1.807, 2.05) is 11.4 Å². The molecule has 1 fully saturated rings. The van der Waals surface area contributed by atoms with Crippen LogP contribution in [0.5, 0.6) is 5.75 Å². The molecule has 1 aromatic heterocycles. The lowest BCUT2D eigenvalue weighted by Gasteiger charge is -2.16. The Morgan fingerprint density at radius 3 is 2.76 bits per heavy atom. The number of amides is 1. The lowest BCUT2D eigenvalue weighted by molar-refractivity contribution is 0.0679. The van der Waals surface area contributed by atoms with Crippen LogP contribution >= 0.6 is 11.3 Å². The molecule has 174 valence electrons. The molecule has 1 unspecified atom stereocenters. The van der Waals surface area contributed by atoms with Gasteiger partial charge in [0.05, 0.1) is 23.7 Å². The molecule has 8 nitrogen and oxygen atoms in total. The molecule has 2 aromatic carbocycles. The van der Waals surface area contributed by atoms with Crippen LogP contribution < -0.4 is 14.4 Å². The highest BCUT2D eigenvalue weighted by Crippen LogP contribution is 2.28. The first-order valence-electron chi connectivity index (χ1n) is 10.5. The van der Waals surface area contributed by atoms with E-state index in [0.717, 1.165) is 31.3 Å². The summed E-state index contributed by atoms with van der Waals surface area (Å²) in [5, 5.41) is 5.13. The average Bonchev–Trinajstić information content (AvgIpc) is 3.49. The van der Waals surface area contributed by atoms with E-state index in [-0.39, 0.29) is 12.0 Å². The van der Waals surface area contributed by atoms with Crippen molar-refractivity contribution in [1.29, 1.82) is 0 Å². The second-order valence-corrected chi connectivity index (χ2v) is 10.6. The molecule has 1 aliphatic rings. The van der Waals surface area contributed by atoms with Crippen LogP contribution in [0.15, 0.2) is 53.9 Å². The smallest absolute Gasteiger partial charge is 0.257 e. The van der Waals surface area contributed by atoms with Gasteiger partial charge in [-0.05, 0) is 43.2 Å². The van der Waals surface area contributed by atoms with Crippen molar-refractivity contribution in [3.63, 3.8) is 0 Å². The van der Waals surface area contributed by atoms with Crippen molar-refractivity contribution >= 4 is 38.1 Å². The van der Waals surface area contributed by atoms with Crippen LogP contribution in [0.25, 0.3) is 11.3 Å². The predicted molar refractivity (Wildman–Crippen MR) is 130 cm³/mol. The van der Waals surface area contributed by atoms with Gasteiger partial charge in [0, 0.05) is 30.2 Å². The monoisotopic (exact) mass is 487 g/mol. The van der Waals surface area contributed by atoms with Crippen molar-refractivity contribution in [2.45, 2.75) is 18.9 Å². The molecule has 1 saturated heterocycles. The Bertz CT molecular complexity index is 1220. The van der Waals surface area contributed by atoms with E-state index in [2.05, 4.69) is 10.3 Å². The Labute approximate surface area is 197 Å². The number of aromatic nitrogens is 1. The number of benzene rings is 2. The summed E-state index contributed by atoms with van der Waals surface area (Å²) in [7, 11) is -1.82. The number of hydrogen-bond acceptors (Lipinski definition) is 7. The number of rotatable bonds is 8. The fraction of sp³-hybridized carbons (Fsp3) is 0.304. The highest BCUT2D eigenvalue weighted by atomic mass is 32.2. The first-order valence-corrected chi connectivity index (χ1v) is 13.2. The SMILES string of the molecule is CN(c1ccc(-c2csc(NC(=O)c3cccc(OCC4CCCO4)c3)n2)cc1)S(C)(=O)=O. The molecule has 0 radical (unpaired) electrons. The Kier molecular flexibility index (Phi) is 6.96. The highest BCUT2D eigenvalue weighted by Gasteiger charge is 2.17. The fourth-order valence-electron chi connectivity index (χ4n) is 3.36. The van der Waals surface area contributed by atoms with E-state index in [4.69, 9.17) is 9.47 Å². The Morgan fingerprint density at radius 2 is 2.06 bits per heavy atom. The molecule has 0 bridgehead atoms.